The highest BCUT2D eigenvalue weighted by Crippen LogP contribution is 2.30. The lowest BCUT2D eigenvalue weighted by Gasteiger charge is -2.10. The molecule has 0 saturated carbocycles. The van der Waals surface area contributed by atoms with E-state index in [9.17, 15) is 0 Å². The molecule has 2 aromatic carbocycles. The van der Waals surface area contributed by atoms with Crippen LogP contribution in [0.25, 0.3) is 0 Å². The molecule has 0 aliphatic rings. The standard InChI is InChI=1S/C19H22N4O4S/c1-24-15-9-5-7-13(17(15)26-3)11-20-22-19(28)23-21-12-14-8-6-10-16(25-2)18(14)27-4/h5-12H,1-4H3,(H2,22,23,28)/b20-11+,21-12?. The van der Waals surface area contributed by atoms with Crippen molar-refractivity contribution in [2.75, 3.05) is 28.4 Å². The van der Waals surface area contributed by atoms with Crippen LogP contribution >= 0.6 is 12.2 Å². The normalized spacial score (nSPS) is 10.7. The summed E-state index contributed by atoms with van der Waals surface area (Å²) in [5.74, 6) is 2.39. The van der Waals surface area contributed by atoms with E-state index >= 15 is 0 Å². The van der Waals surface area contributed by atoms with Crippen LogP contribution in [0.4, 0.5) is 0 Å². The van der Waals surface area contributed by atoms with Gasteiger partial charge in [-0.05, 0) is 36.5 Å². The van der Waals surface area contributed by atoms with Gasteiger partial charge >= 0.3 is 0 Å². The van der Waals surface area contributed by atoms with Crippen molar-refractivity contribution in [2.45, 2.75) is 0 Å². The Morgan fingerprint density at radius 3 is 1.54 bits per heavy atom. The summed E-state index contributed by atoms with van der Waals surface area (Å²) < 4.78 is 21.2. The third-order valence-corrected chi connectivity index (χ3v) is 3.79. The summed E-state index contributed by atoms with van der Waals surface area (Å²) in [5.41, 5.74) is 6.84. The van der Waals surface area contributed by atoms with Crippen molar-refractivity contribution in [1.29, 1.82) is 0 Å². The zero-order valence-corrected chi connectivity index (χ0v) is 16.9. The van der Waals surface area contributed by atoms with E-state index in [1.807, 2.05) is 24.3 Å². The third kappa shape index (κ3) is 5.34. The second-order valence-electron chi connectivity index (χ2n) is 5.23. The third-order valence-electron chi connectivity index (χ3n) is 3.61. The number of hydrogen-bond donors (Lipinski definition) is 2. The average Bonchev–Trinajstić information content (AvgIpc) is 2.73. The minimum Gasteiger partial charge on any atom is -0.493 e. The van der Waals surface area contributed by atoms with Crippen molar-refractivity contribution in [3.63, 3.8) is 0 Å². The van der Waals surface area contributed by atoms with Crippen LogP contribution in [-0.4, -0.2) is 46.0 Å². The van der Waals surface area contributed by atoms with Crippen LogP contribution in [0.15, 0.2) is 46.6 Å². The highest BCUT2D eigenvalue weighted by molar-refractivity contribution is 7.80. The monoisotopic (exact) mass is 402 g/mol. The van der Waals surface area contributed by atoms with Gasteiger partial charge in [-0.1, -0.05) is 12.1 Å². The number of methoxy groups -OCH3 is 4. The predicted molar refractivity (Wildman–Crippen MR) is 113 cm³/mol. The summed E-state index contributed by atoms with van der Waals surface area (Å²) in [5, 5.41) is 8.38. The van der Waals surface area contributed by atoms with Gasteiger partial charge in [-0.15, -0.1) is 0 Å². The second-order valence-corrected chi connectivity index (χ2v) is 5.64. The van der Waals surface area contributed by atoms with Crippen LogP contribution in [0, 0.1) is 0 Å². The number of nitrogens with one attached hydrogen (secondary N) is 2. The van der Waals surface area contributed by atoms with Crippen molar-refractivity contribution in [1.82, 2.24) is 10.9 Å². The Kier molecular flexibility index (Phi) is 8.04. The molecular weight excluding hydrogens is 380 g/mol. The number of rotatable bonds is 8. The van der Waals surface area contributed by atoms with Crippen LogP contribution in [0.1, 0.15) is 11.1 Å². The number of hydrogen-bond acceptors (Lipinski definition) is 7. The van der Waals surface area contributed by atoms with Gasteiger partial charge in [-0.2, -0.15) is 10.2 Å². The van der Waals surface area contributed by atoms with E-state index in [1.165, 1.54) is 0 Å². The molecule has 0 radical (unpaired) electrons. The molecule has 9 heteroatoms. The molecule has 28 heavy (non-hydrogen) atoms. The van der Waals surface area contributed by atoms with Gasteiger partial charge in [-0.25, -0.2) is 0 Å². The van der Waals surface area contributed by atoms with E-state index in [0.29, 0.717) is 23.0 Å². The van der Waals surface area contributed by atoms with Crippen molar-refractivity contribution in [3.05, 3.63) is 47.5 Å². The van der Waals surface area contributed by atoms with Crippen LogP contribution in [0.2, 0.25) is 0 Å². The maximum atomic E-state index is 5.34. The molecule has 0 aliphatic carbocycles. The van der Waals surface area contributed by atoms with Gasteiger partial charge in [0.05, 0.1) is 40.9 Å². The number of hydrazone groups is 2. The summed E-state index contributed by atoms with van der Waals surface area (Å²) in [7, 11) is 6.28. The average molecular weight is 402 g/mol. The summed E-state index contributed by atoms with van der Waals surface area (Å²) in [4.78, 5) is 0. The summed E-state index contributed by atoms with van der Waals surface area (Å²) in [6, 6.07) is 11.0. The lowest BCUT2D eigenvalue weighted by atomic mass is 10.2. The van der Waals surface area contributed by atoms with Gasteiger partial charge in [0, 0.05) is 11.1 Å². The van der Waals surface area contributed by atoms with Gasteiger partial charge in [0.1, 0.15) is 0 Å². The quantitative estimate of drug-likeness (QED) is 0.399. The molecule has 2 rings (SSSR count). The number of ether oxygens (including phenoxy) is 4. The molecule has 0 amide bonds. The van der Waals surface area contributed by atoms with Gasteiger partial charge in [-0.3, -0.25) is 10.9 Å². The Balaban J connectivity index is 1.97. The Morgan fingerprint density at radius 1 is 0.750 bits per heavy atom. The summed E-state index contributed by atoms with van der Waals surface area (Å²) in [6.07, 6.45) is 3.15. The molecule has 0 aromatic heterocycles. The molecule has 0 fully saturated rings. The highest BCUT2D eigenvalue weighted by Gasteiger charge is 2.08. The molecule has 0 heterocycles. The molecule has 148 valence electrons. The van der Waals surface area contributed by atoms with E-state index in [4.69, 9.17) is 31.2 Å². The van der Waals surface area contributed by atoms with Gasteiger partial charge < -0.3 is 18.9 Å². The SMILES string of the molecule is COc1cccc(C=NNC(=S)N/N=C/c2cccc(OC)c2OC)c1OC. The Bertz CT molecular complexity index is 802. The fourth-order valence-corrected chi connectivity index (χ4v) is 2.48. The zero-order valence-electron chi connectivity index (χ0n) is 16.1. The van der Waals surface area contributed by atoms with Crippen LogP contribution in [-0.2, 0) is 0 Å². The summed E-state index contributed by atoms with van der Waals surface area (Å²) >= 11 is 5.14. The molecule has 0 spiro atoms. The van der Waals surface area contributed by atoms with Crippen molar-refractivity contribution >= 4 is 29.8 Å². The molecule has 2 N–H and O–H groups in total. The van der Waals surface area contributed by atoms with Crippen molar-refractivity contribution < 1.29 is 18.9 Å². The predicted octanol–water partition coefficient (Wildman–Crippen LogP) is 2.55. The number of thiocarbonyl (C=S) groups is 1. The Morgan fingerprint density at radius 2 is 1.18 bits per heavy atom. The number of nitrogens with zero attached hydrogens (tertiary/aromatic N) is 2. The maximum absolute atomic E-state index is 5.34. The molecule has 0 saturated heterocycles. The first-order valence-electron chi connectivity index (χ1n) is 8.18. The minimum absolute atomic E-state index is 0.219. The van der Waals surface area contributed by atoms with E-state index in [-0.39, 0.29) is 5.11 Å². The lowest BCUT2D eigenvalue weighted by molar-refractivity contribution is 0.354. The molecule has 0 unspecified atom stereocenters. The second kappa shape index (κ2) is 10.7. The minimum atomic E-state index is 0.219. The topological polar surface area (TPSA) is 85.7 Å². The van der Waals surface area contributed by atoms with Gasteiger partial charge in [0.2, 0.25) is 5.11 Å². The van der Waals surface area contributed by atoms with Crippen molar-refractivity contribution in [2.24, 2.45) is 10.2 Å². The van der Waals surface area contributed by atoms with E-state index in [0.717, 1.165) is 11.1 Å². The van der Waals surface area contributed by atoms with E-state index in [2.05, 4.69) is 21.1 Å². The largest absolute Gasteiger partial charge is 0.493 e. The van der Waals surface area contributed by atoms with Crippen LogP contribution in [0.5, 0.6) is 23.0 Å². The van der Waals surface area contributed by atoms with Crippen LogP contribution in [0.3, 0.4) is 0 Å². The number of benzene rings is 2. The van der Waals surface area contributed by atoms with Crippen LogP contribution < -0.4 is 29.8 Å². The summed E-state index contributed by atoms with van der Waals surface area (Å²) in [6.45, 7) is 0. The first kappa shape index (κ1) is 21.0. The molecular formula is C19H22N4O4S. The Labute approximate surface area is 169 Å². The Hall–Kier alpha value is -3.33. The molecule has 0 bridgehead atoms. The van der Waals surface area contributed by atoms with Gasteiger partial charge in [0.15, 0.2) is 23.0 Å². The lowest BCUT2D eigenvalue weighted by Crippen LogP contribution is -2.28. The van der Waals surface area contributed by atoms with E-state index in [1.54, 1.807) is 53.0 Å². The van der Waals surface area contributed by atoms with E-state index < -0.39 is 0 Å². The van der Waals surface area contributed by atoms with Gasteiger partial charge in [0.25, 0.3) is 0 Å². The number of para-hydroxylation sites is 2. The maximum Gasteiger partial charge on any atom is 0.207 e. The fourth-order valence-electron chi connectivity index (χ4n) is 2.37. The fraction of sp³-hybridized carbons (Fsp3) is 0.211. The molecule has 8 nitrogen and oxygen atoms in total. The molecule has 0 atom stereocenters. The molecule has 2 aromatic rings. The van der Waals surface area contributed by atoms with Crippen molar-refractivity contribution in [3.8, 4) is 23.0 Å². The molecule has 0 aliphatic heterocycles. The zero-order chi connectivity index (χ0) is 20.4. The highest BCUT2D eigenvalue weighted by atomic mass is 32.1. The first-order valence-corrected chi connectivity index (χ1v) is 8.59. The smallest absolute Gasteiger partial charge is 0.207 e. The first-order chi connectivity index (χ1) is 13.6.